The fourth-order valence-electron chi connectivity index (χ4n) is 1.55. The lowest BCUT2D eigenvalue weighted by Gasteiger charge is -1.88. The van der Waals surface area contributed by atoms with Gasteiger partial charge >= 0.3 is 0 Å². The molecule has 0 spiro atoms. The van der Waals surface area contributed by atoms with Gasteiger partial charge in [-0.1, -0.05) is 23.5 Å². The van der Waals surface area contributed by atoms with Gasteiger partial charge < -0.3 is 5.32 Å². The summed E-state index contributed by atoms with van der Waals surface area (Å²) in [5, 5.41) is 14.1. The Balaban J connectivity index is 1.89. The van der Waals surface area contributed by atoms with Crippen molar-refractivity contribution in [1.82, 2.24) is 15.2 Å². The van der Waals surface area contributed by atoms with Crippen LogP contribution in [0.3, 0.4) is 0 Å². The third kappa shape index (κ3) is 2.13. The Kier molecular flexibility index (Phi) is 2.74. The van der Waals surface area contributed by atoms with E-state index >= 15 is 0 Å². The molecule has 1 N–H and O–H groups in total. The lowest BCUT2D eigenvalue weighted by molar-refractivity contribution is 0.998. The molecule has 17 heavy (non-hydrogen) atoms. The van der Waals surface area contributed by atoms with E-state index in [4.69, 9.17) is 0 Å². The first kappa shape index (κ1) is 10.6. The van der Waals surface area contributed by atoms with E-state index in [-0.39, 0.29) is 0 Å². The molecule has 0 saturated heterocycles. The van der Waals surface area contributed by atoms with Gasteiger partial charge in [-0.3, -0.25) is 0 Å². The Morgan fingerprint density at radius 1 is 1.12 bits per heavy atom. The number of nitrogens with one attached hydrogen (secondary N) is 1. The van der Waals surface area contributed by atoms with Gasteiger partial charge in [0.05, 0.1) is 16.6 Å². The van der Waals surface area contributed by atoms with Gasteiger partial charge in [-0.2, -0.15) is 0 Å². The van der Waals surface area contributed by atoms with Gasteiger partial charge in [0.1, 0.15) is 10.0 Å². The van der Waals surface area contributed by atoms with Crippen LogP contribution in [0.2, 0.25) is 0 Å². The quantitative estimate of drug-likeness (QED) is 0.788. The number of para-hydroxylation sites is 1. The van der Waals surface area contributed by atoms with Gasteiger partial charge in [0.2, 0.25) is 5.13 Å². The molecule has 0 aliphatic carbocycles. The highest BCUT2D eigenvalue weighted by Crippen LogP contribution is 2.25. The van der Waals surface area contributed by atoms with Gasteiger partial charge in [-0.15, -0.1) is 21.5 Å². The fourth-order valence-corrected chi connectivity index (χ4v) is 3.31. The highest BCUT2D eigenvalue weighted by Gasteiger charge is 2.08. The lowest BCUT2D eigenvalue weighted by atomic mass is 10.3. The van der Waals surface area contributed by atoms with Crippen LogP contribution in [0.1, 0.15) is 10.0 Å². The number of hydrogen-bond donors (Lipinski definition) is 1. The van der Waals surface area contributed by atoms with Crippen molar-refractivity contribution in [1.29, 1.82) is 0 Å². The van der Waals surface area contributed by atoms with Crippen LogP contribution in [0.5, 0.6) is 0 Å². The normalized spacial score (nSPS) is 10.9. The first-order valence-electron chi connectivity index (χ1n) is 5.20. The number of benzene rings is 1. The zero-order valence-electron chi connectivity index (χ0n) is 9.17. The average Bonchev–Trinajstić information content (AvgIpc) is 2.94. The predicted octanol–water partition coefficient (Wildman–Crippen LogP) is 2.78. The van der Waals surface area contributed by atoms with Crippen LogP contribution in [-0.4, -0.2) is 22.2 Å². The first-order chi connectivity index (χ1) is 8.35. The van der Waals surface area contributed by atoms with Crippen molar-refractivity contribution < 1.29 is 0 Å². The molecule has 1 aromatic carbocycles. The van der Waals surface area contributed by atoms with Crippen molar-refractivity contribution >= 4 is 38.0 Å². The standard InChI is InChI=1S/C11H10N4S2/c1-12-11-15-14-10(17-11)6-9-13-7-4-2-3-5-8(7)16-9/h2-5H,6H2,1H3,(H,12,15). The van der Waals surface area contributed by atoms with Crippen LogP contribution >= 0.6 is 22.7 Å². The molecule has 0 aliphatic heterocycles. The highest BCUT2D eigenvalue weighted by molar-refractivity contribution is 7.19. The molecule has 0 fully saturated rings. The Labute approximate surface area is 106 Å². The number of fused-ring (bicyclic) bond motifs is 1. The molecular formula is C11H10N4S2. The van der Waals surface area contributed by atoms with E-state index in [0.29, 0.717) is 0 Å². The number of anilines is 1. The molecule has 0 unspecified atom stereocenters. The SMILES string of the molecule is CNc1nnc(Cc2nc3ccccc3s2)s1. The Bertz CT molecular complexity index is 611. The number of thiazole rings is 1. The van der Waals surface area contributed by atoms with Crippen LogP contribution in [0.4, 0.5) is 5.13 Å². The molecule has 0 saturated carbocycles. The molecule has 0 bridgehead atoms. The van der Waals surface area contributed by atoms with E-state index in [1.807, 2.05) is 25.2 Å². The first-order valence-corrected chi connectivity index (χ1v) is 6.83. The van der Waals surface area contributed by atoms with Crippen molar-refractivity contribution in [2.24, 2.45) is 0 Å². The van der Waals surface area contributed by atoms with Gasteiger partial charge in [0.15, 0.2) is 0 Å². The number of hydrogen-bond acceptors (Lipinski definition) is 6. The second-order valence-corrected chi connectivity index (χ2v) is 5.68. The largest absolute Gasteiger partial charge is 0.363 e. The average molecular weight is 262 g/mol. The molecule has 0 aliphatic rings. The molecule has 0 atom stereocenters. The number of aromatic nitrogens is 3. The van der Waals surface area contributed by atoms with Crippen molar-refractivity contribution in [3.05, 3.63) is 34.3 Å². The van der Waals surface area contributed by atoms with E-state index in [2.05, 4.69) is 26.6 Å². The molecule has 86 valence electrons. The van der Waals surface area contributed by atoms with E-state index < -0.39 is 0 Å². The summed E-state index contributed by atoms with van der Waals surface area (Å²) in [5.41, 5.74) is 1.06. The Morgan fingerprint density at radius 3 is 2.76 bits per heavy atom. The third-order valence-corrected chi connectivity index (χ3v) is 4.30. The van der Waals surface area contributed by atoms with Crippen molar-refractivity contribution in [3.63, 3.8) is 0 Å². The zero-order valence-corrected chi connectivity index (χ0v) is 10.8. The van der Waals surface area contributed by atoms with Crippen molar-refractivity contribution in [2.45, 2.75) is 6.42 Å². The minimum Gasteiger partial charge on any atom is -0.363 e. The Hall–Kier alpha value is -1.53. The maximum Gasteiger partial charge on any atom is 0.205 e. The molecule has 4 nitrogen and oxygen atoms in total. The Morgan fingerprint density at radius 2 is 2.00 bits per heavy atom. The topological polar surface area (TPSA) is 50.7 Å². The number of rotatable bonds is 3. The summed E-state index contributed by atoms with van der Waals surface area (Å²) < 4.78 is 1.22. The number of nitrogens with zero attached hydrogens (tertiary/aromatic N) is 3. The molecule has 2 heterocycles. The minimum atomic E-state index is 0.763. The van der Waals surface area contributed by atoms with E-state index in [9.17, 15) is 0 Å². The van der Waals surface area contributed by atoms with Crippen LogP contribution in [0, 0.1) is 0 Å². The molecule has 6 heteroatoms. The summed E-state index contributed by atoms with van der Waals surface area (Å²) in [7, 11) is 1.85. The molecule has 3 aromatic rings. The fraction of sp³-hybridized carbons (Fsp3) is 0.182. The van der Waals surface area contributed by atoms with Gasteiger partial charge in [-0.25, -0.2) is 4.98 Å². The minimum absolute atomic E-state index is 0.763. The van der Waals surface area contributed by atoms with Crippen LogP contribution < -0.4 is 5.32 Å². The second kappa shape index (κ2) is 4.38. The highest BCUT2D eigenvalue weighted by atomic mass is 32.1. The van der Waals surface area contributed by atoms with Gasteiger partial charge in [0.25, 0.3) is 0 Å². The van der Waals surface area contributed by atoms with Crippen LogP contribution in [0.15, 0.2) is 24.3 Å². The summed E-state index contributed by atoms with van der Waals surface area (Å²) in [6.45, 7) is 0. The molecule has 2 aromatic heterocycles. The molecular weight excluding hydrogens is 252 g/mol. The van der Waals surface area contributed by atoms with E-state index in [1.165, 1.54) is 4.70 Å². The smallest absolute Gasteiger partial charge is 0.205 e. The third-order valence-electron chi connectivity index (χ3n) is 2.32. The maximum absolute atomic E-state index is 4.58. The summed E-state index contributed by atoms with van der Waals surface area (Å²) >= 11 is 3.29. The monoisotopic (exact) mass is 262 g/mol. The summed E-state index contributed by atoms with van der Waals surface area (Å²) in [5.74, 6) is 0. The van der Waals surface area contributed by atoms with Crippen molar-refractivity contribution in [3.8, 4) is 0 Å². The molecule has 0 radical (unpaired) electrons. The molecule has 0 amide bonds. The lowest BCUT2D eigenvalue weighted by Crippen LogP contribution is -1.86. The molecule has 3 rings (SSSR count). The van der Waals surface area contributed by atoms with Gasteiger partial charge in [0, 0.05) is 7.05 Å². The summed E-state index contributed by atoms with van der Waals surface area (Å²) in [4.78, 5) is 4.58. The van der Waals surface area contributed by atoms with E-state index in [1.54, 1.807) is 22.7 Å². The summed E-state index contributed by atoms with van der Waals surface area (Å²) in [6, 6.07) is 8.17. The maximum atomic E-state index is 4.58. The predicted molar refractivity (Wildman–Crippen MR) is 71.9 cm³/mol. The second-order valence-electron chi connectivity index (χ2n) is 3.50. The van der Waals surface area contributed by atoms with Crippen LogP contribution in [-0.2, 0) is 6.42 Å². The van der Waals surface area contributed by atoms with Crippen LogP contribution in [0.25, 0.3) is 10.2 Å². The zero-order chi connectivity index (χ0) is 11.7. The van der Waals surface area contributed by atoms with E-state index in [0.717, 1.165) is 27.1 Å². The van der Waals surface area contributed by atoms with Gasteiger partial charge in [-0.05, 0) is 12.1 Å². The van der Waals surface area contributed by atoms with Crippen molar-refractivity contribution in [2.75, 3.05) is 12.4 Å². The summed E-state index contributed by atoms with van der Waals surface area (Å²) in [6.07, 6.45) is 0.763.